The maximum Gasteiger partial charge on any atom is 0.496 e. The fraction of sp³-hybridized carbons (Fsp3) is 0.750. The first kappa shape index (κ1) is 21.7. The van der Waals surface area contributed by atoms with Crippen LogP contribution in [-0.4, -0.2) is 36.2 Å². The van der Waals surface area contributed by atoms with Gasteiger partial charge in [0.1, 0.15) is 0 Å². The fourth-order valence-corrected chi connectivity index (χ4v) is 4.88. The number of alkyl halides is 2. The highest BCUT2D eigenvalue weighted by molar-refractivity contribution is 7.15. The molecule has 1 aliphatic heterocycles. The minimum atomic E-state index is -2.87. The molecule has 156 valence electrons. The zero-order valence-corrected chi connectivity index (χ0v) is 18.3. The molecule has 8 heteroatoms. The van der Waals surface area contributed by atoms with E-state index < -0.39 is 36.2 Å². The predicted octanol–water partition coefficient (Wildman–Crippen LogP) is 4.16. The van der Waals surface area contributed by atoms with Crippen LogP contribution in [0.3, 0.4) is 0 Å². The second kappa shape index (κ2) is 7.36. The van der Waals surface area contributed by atoms with Gasteiger partial charge in [-0.15, -0.1) is 11.3 Å². The quantitative estimate of drug-likeness (QED) is 0.754. The Labute approximate surface area is 170 Å². The van der Waals surface area contributed by atoms with Gasteiger partial charge in [-0.25, -0.2) is 8.78 Å². The summed E-state index contributed by atoms with van der Waals surface area (Å²) in [4.78, 5) is 14.2. The minimum Gasteiger partial charge on any atom is -0.399 e. The van der Waals surface area contributed by atoms with E-state index in [1.54, 1.807) is 13.0 Å². The van der Waals surface area contributed by atoms with Gasteiger partial charge in [0.25, 0.3) is 11.8 Å². The topological polar surface area (TPSA) is 47.6 Å². The highest BCUT2D eigenvalue weighted by Crippen LogP contribution is 2.38. The second-order valence-corrected chi connectivity index (χ2v) is 10.1. The second-order valence-electron chi connectivity index (χ2n) is 9.01. The lowest BCUT2D eigenvalue weighted by molar-refractivity contribution is -0.0784. The summed E-state index contributed by atoms with van der Waals surface area (Å²) in [6.45, 7) is 11.7. The van der Waals surface area contributed by atoms with Crippen LogP contribution >= 0.6 is 11.3 Å². The van der Waals surface area contributed by atoms with Gasteiger partial charge < -0.3 is 14.6 Å². The highest BCUT2D eigenvalue weighted by Gasteiger charge is 2.52. The summed E-state index contributed by atoms with van der Waals surface area (Å²) in [5.74, 6) is -3.56. The Morgan fingerprint density at radius 3 is 2.43 bits per heavy atom. The van der Waals surface area contributed by atoms with E-state index >= 15 is 0 Å². The number of hydrogen-bond acceptors (Lipinski definition) is 4. The number of nitrogens with one attached hydrogen (secondary N) is 1. The van der Waals surface area contributed by atoms with Gasteiger partial charge >= 0.3 is 7.12 Å². The monoisotopic (exact) mass is 413 g/mol. The number of aryl methyl sites for hydroxylation is 1. The van der Waals surface area contributed by atoms with E-state index in [4.69, 9.17) is 9.31 Å². The molecule has 0 aromatic carbocycles. The molecule has 1 aromatic rings. The molecule has 1 saturated heterocycles. The van der Waals surface area contributed by atoms with E-state index in [9.17, 15) is 13.6 Å². The largest absolute Gasteiger partial charge is 0.496 e. The van der Waals surface area contributed by atoms with E-state index in [1.165, 1.54) is 11.3 Å². The van der Waals surface area contributed by atoms with Crippen LogP contribution in [0, 0.1) is 5.92 Å². The van der Waals surface area contributed by atoms with Crippen molar-refractivity contribution in [3.63, 3.8) is 0 Å². The van der Waals surface area contributed by atoms with E-state index in [2.05, 4.69) is 5.32 Å². The molecule has 3 rings (SSSR count). The number of halogens is 2. The summed E-state index contributed by atoms with van der Waals surface area (Å²) in [6, 6.07) is 0.619. The van der Waals surface area contributed by atoms with Crippen LogP contribution in [0.1, 0.15) is 75.4 Å². The lowest BCUT2D eigenvalue weighted by atomic mass is 9.78. The Balaban J connectivity index is 1.82. The van der Waals surface area contributed by atoms with Crippen LogP contribution in [-0.2, 0) is 15.7 Å². The lowest BCUT2D eigenvalue weighted by Crippen LogP contribution is -2.53. The van der Waals surface area contributed by atoms with Crippen LogP contribution in [0.4, 0.5) is 8.78 Å². The average molecular weight is 413 g/mol. The summed E-state index contributed by atoms with van der Waals surface area (Å²) >= 11 is 1.33. The molecule has 28 heavy (non-hydrogen) atoms. The molecule has 1 N–H and O–H groups in total. The normalized spacial score (nSPS) is 28.4. The number of thiophene rings is 1. The van der Waals surface area contributed by atoms with E-state index in [1.807, 2.05) is 34.6 Å². The van der Waals surface area contributed by atoms with Crippen molar-refractivity contribution in [1.82, 2.24) is 5.32 Å². The number of carbonyl (C=O) groups is 1. The zero-order valence-electron chi connectivity index (χ0n) is 17.5. The third kappa shape index (κ3) is 3.88. The summed E-state index contributed by atoms with van der Waals surface area (Å²) < 4.78 is 40.9. The molecular formula is C20H30BF2NO3S. The maximum absolute atomic E-state index is 14.3. The van der Waals surface area contributed by atoms with Gasteiger partial charge in [0, 0.05) is 11.3 Å². The number of carbonyl (C=O) groups excluding carboxylic acids is 1. The minimum absolute atomic E-state index is 0.174. The first-order valence-electron chi connectivity index (χ1n) is 10.0. The molecule has 1 amide bonds. The molecule has 2 aliphatic rings. The van der Waals surface area contributed by atoms with Crippen molar-refractivity contribution < 1.29 is 22.9 Å². The fourth-order valence-electron chi connectivity index (χ4n) is 3.86. The van der Waals surface area contributed by atoms with Crippen molar-refractivity contribution in [3.8, 4) is 0 Å². The van der Waals surface area contributed by atoms with Crippen LogP contribution < -0.4 is 10.8 Å². The van der Waals surface area contributed by atoms with E-state index in [0.717, 1.165) is 10.3 Å². The van der Waals surface area contributed by atoms with Gasteiger partial charge in [-0.2, -0.15) is 0 Å². The molecular weight excluding hydrogens is 383 g/mol. The van der Waals surface area contributed by atoms with Gasteiger partial charge in [0.05, 0.1) is 22.1 Å². The third-order valence-electron chi connectivity index (χ3n) is 6.37. The SMILES string of the molecule is CCc1sc(C(=O)NC2[C@@H](C)CCCC2(F)F)cc1B1OC(C)(C)C(C)(C)O1. The Hall–Kier alpha value is -0.985. The van der Waals surface area contributed by atoms with Gasteiger partial charge in [-0.1, -0.05) is 13.8 Å². The summed E-state index contributed by atoms with van der Waals surface area (Å²) in [5, 5.41) is 2.60. The van der Waals surface area contributed by atoms with Crippen molar-refractivity contribution in [2.45, 2.75) is 90.4 Å². The smallest absolute Gasteiger partial charge is 0.399 e. The number of amides is 1. The van der Waals surface area contributed by atoms with Crippen molar-refractivity contribution in [2.24, 2.45) is 5.92 Å². The van der Waals surface area contributed by atoms with E-state index in [-0.39, 0.29) is 12.3 Å². The first-order valence-corrected chi connectivity index (χ1v) is 10.9. The Morgan fingerprint density at radius 1 is 1.29 bits per heavy atom. The maximum atomic E-state index is 14.3. The molecule has 2 atom stereocenters. The third-order valence-corrected chi connectivity index (χ3v) is 7.67. The summed E-state index contributed by atoms with van der Waals surface area (Å²) in [5.41, 5.74) is -0.140. The highest BCUT2D eigenvalue weighted by atomic mass is 32.1. The van der Waals surface area contributed by atoms with Crippen LogP contribution in [0.2, 0.25) is 0 Å². The van der Waals surface area contributed by atoms with E-state index in [0.29, 0.717) is 24.1 Å². The number of rotatable bonds is 4. The first-order chi connectivity index (χ1) is 12.9. The molecule has 0 radical (unpaired) electrons. The van der Waals surface area contributed by atoms with Crippen molar-refractivity contribution in [1.29, 1.82) is 0 Å². The molecule has 1 saturated carbocycles. The van der Waals surface area contributed by atoms with Crippen molar-refractivity contribution >= 4 is 29.8 Å². The Bertz CT molecular complexity index is 734. The summed E-state index contributed by atoms with van der Waals surface area (Å²) in [6.07, 6.45) is 1.73. The Morgan fingerprint density at radius 2 is 1.89 bits per heavy atom. The molecule has 0 spiro atoms. The molecule has 2 heterocycles. The lowest BCUT2D eigenvalue weighted by Gasteiger charge is -2.36. The average Bonchev–Trinajstić information content (AvgIpc) is 3.09. The molecule has 4 nitrogen and oxygen atoms in total. The standard InChI is InChI=1S/C20H30BF2NO3S/c1-7-14-13(21-26-18(3,4)19(5,6)27-21)11-15(28-14)17(25)24-16-12(2)9-8-10-20(16,22)23/h11-12,16H,7-10H2,1-6H3,(H,24,25)/t12-,16?/m0/s1. The van der Waals surface area contributed by atoms with Gasteiger partial charge in [-0.3, -0.25) is 4.79 Å². The molecule has 2 fully saturated rings. The predicted molar refractivity (Wildman–Crippen MR) is 109 cm³/mol. The van der Waals surface area contributed by atoms with Crippen molar-refractivity contribution in [2.75, 3.05) is 0 Å². The molecule has 0 bridgehead atoms. The molecule has 1 aliphatic carbocycles. The summed E-state index contributed by atoms with van der Waals surface area (Å²) in [7, 11) is -0.562. The Kier molecular flexibility index (Phi) is 5.71. The van der Waals surface area contributed by atoms with Gasteiger partial charge in [0.15, 0.2) is 0 Å². The van der Waals surface area contributed by atoms with Crippen molar-refractivity contribution in [3.05, 3.63) is 15.8 Å². The zero-order chi connectivity index (χ0) is 20.9. The van der Waals surface area contributed by atoms with Gasteiger partial charge in [0.2, 0.25) is 0 Å². The molecule has 1 aromatic heterocycles. The van der Waals surface area contributed by atoms with Crippen LogP contribution in [0.25, 0.3) is 0 Å². The number of hydrogen-bond donors (Lipinski definition) is 1. The van der Waals surface area contributed by atoms with Crippen LogP contribution in [0.15, 0.2) is 6.07 Å². The molecule has 1 unspecified atom stereocenters. The van der Waals surface area contributed by atoms with Crippen LogP contribution in [0.5, 0.6) is 0 Å². The van der Waals surface area contributed by atoms with Gasteiger partial charge in [-0.05, 0) is 64.4 Å².